The third kappa shape index (κ3) is 7.89. The monoisotopic (exact) mass is 356 g/mol. The van der Waals surface area contributed by atoms with Gasteiger partial charge >= 0.3 is 0 Å². The highest BCUT2D eigenvalue weighted by Crippen LogP contribution is 2.15. The average Bonchev–Trinajstić information content (AvgIpc) is 2.68. The van der Waals surface area contributed by atoms with E-state index in [2.05, 4.69) is 55.5 Å². The molecule has 4 heteroatoms. The van der Waals surface area contributed by atoms with Gasteiger partial charge in [0.1, 0.15) is 11.9 Å². The van der Waals surface area contributed by atoms with Gasteiger partial charge in [-0.3, -0.25) is 4.79 Å². The minimum Gasteiger partial charge on any atom is -0.307 e. The van der Waals surface area contributed by atoms with Crippen LogP contribution in [0.5, 0.6) is 0 Å². The summed E-state index contributed by atoms with van der Waals surface area (Å²) in [5.74, 6) is -0.559. The standard InChI is InChI=1S/C12H24N2O2.C10H8/c1-2-3-4-5-6-7-8-11(9-15)12(13,14)10-16;1-2-6-10-8-4-3-7-9(10)5-1/h9-11H,2-8,13-14H2,1H3;1-8H. The number of benzene rings is 2. The summed E-state index contributed by atoms with van der Waals surface area (Å²) in [5.41, 5.74) is 9.53. The van der Waals surface area contributed by atoms with E-state index in [0.29, 0.717) is 19.0 Å². The van der Waals surface area contributed by atoms with Crippen molar-refractivity contribution < 1.29 is 9.59 Å². The summed E-state index contributed by atoms with van der Waals surface area (Å²) in [6.07, 6.45) is 8.59. The van der Waals surface area contributed by atoms with Gasteiger partial charge in [-0.15, -0.1) is 0 Å². The summed E-state index contributed by atoms with van der Waals surface area (Å²) in [6.45, 7) is 2.17. The molecular formula is C22H32N2O2. The molecule has 0 fully saturated rings. The van der Waals surface area contributed by atoms with Crippen molar-refractivity contribution in [2.75, 3.05) is 0 Å². The van der Waals surface area contributed by atoms with E-state index in [1.54, 1.807) is 0 Å². The number of hydrogen-bond donors (Lipinski definition) is 2. The highest BCUT2D eigenvalue weighted by atomic mass is 16.1. The van der Waals surface area contributed by atoms with Crippen molar-refractivity contribution in [2.45, 2.75) is 57.5 Å². The molecule has 0 aliphatic carbocycles. The number of fused-ring (bicyclic) bond motifs is 1. The zero-order chi connectivity index (χ0) is 19.3. The maximum absolute atomic E-state index is 10.8. The lowest BCUT2D eigenvalue weighted by Gasteiger charge is -2.23. The maximum Gasteiger partial charge on any atom is 0.154 e. The molecule has 142 valence electrons. The molecule has 2 aromatic rings. The normalized spacial score (nSPS) is 12.1. The Kier molecular flexibility index (Phi) is 10.4. The Morgan fingerprint density at radius 1 is 0.846 bits per heavy atom. The predicted octanol–water partition coefficient (Wildman–Crippen LogP) is 4.20. The van der Waals surface area contributed by atoms with Crippen LogP contribution in [0.1, 0.15) is 51.9 Å². The predicted molar refractivity (Wildman–Crippen MR) is 109 cm³/mol. The fraction of sp³-hybridized carbons (Fsp3) is 0.455. The van der Waals surface area contributed by atoms with E-state index in [0.717, 1.165) is 12.8 Å². The molecule has 4 nitrogen and oxygen atoms in total. The summed E-state index contributed by atoms with van der Waals surface area (Å²) in [4.78, 5) is 21.4. The molecule has 0 saturated carbocycles. The second-order valence-electron chi connectivity index (χ2n) is 6.76. The second-order valence-corrected chi connectivity index (χ2v) is 6.76. The number of hydrogen-bond acceptors (Lipinski definition) is 4. The molecule has 1 atom stereocenters. The molecule has 4 N–H and O–H groups in total. The van der Waals surface area contributed by atoms with Crippen molar-refractivity contribution in [1.29, 1.82) is 0 Å². The minimum atomic E-state index is -1.49. The Labute approximate surface area is 157 Å². The summed E-state index contributed by atoms with van der Waals surface area (Å²) in [7, 11) is 0. The molecule has 1 unspecified atom stereocenters. The number of aldehydes is 2. The molecule has 0 spiro atoms. The molecular weight excluding hydrogens is 324 g/mol. The zero-order valence-corrected chi connectivity index (χ0v) is 15.8. The molecule has 0 saturated heterocycles. The van der Waals surface area contributed by atoms with E-state index in [-0.39, 0.29) is 0 Å². The molecule has 0 radical (unpaired) electrons. The lowest BCUT2D eigenvalue weighted by molar-refractivity contribution is -0.120. The van der Waals surface area contributed by atoms with Gasteiger partial charge < -0.3 is 16.3 Å². The van der Waals surface area contributed by atoms with Crippen molar-refractivity contribution in [3.8, 4) is 0 Å². The molecule has 2 aromatic carbocycles. The van der Waals surface area contributed by atoms with Gasteiger partial charge in [0.05, 0.1) is 5.92 Å². The van der Waals surface area contributed by atoms with Gasteiger partial charge in [-0.25, -0.2) is 0 Å². The van der Waals surface area contributed by atoms with Gasteiger partial charge in [0, 0.05) is 0 Å². The largest absolute Gasteiger partial charge is 0.307 e. The van der Waals surface area contributed by atoms with Gasteiger partial charge in [0.25, 0.3) is 0 Å². The number of carbonyl (C=O) groups excluding carboxylic acids is 2. The zero-order valence-electron chi connectivity index (χ0n) is 15.8. The Bertz CT molecular complexity index is 590. The van der Waals surface area contributed by atoms with Crippen LogP contribution in [0.25, 0.3) is 10.8 Å². The molecule has 0 amide bonds. The van der Waals surface area contributed by atoms with Crippen molar-refractivity contribution in [1.82, 2.24) is 0 Å². The minimum absolute atomic E-state index is 0.461. The topological polar surface area (TPSA) is 86.2 Å². The van der Waals surface area contributed by atoms with E-state index >= 15 is 0 Å². The van der Waals surface area contributed by atoms with Crippen LogP contribution in [-0.2, 0) is 9.59 Å². The van der Waals surface area contributed by atoms with Crippen LogP contribution in [0.15, 0.2) is 48.5 Å². The first-order valence-electron chi connectivity index (χ1n) is 9.48. The quantitative estimate of drug-likeness (QED) is 0.379. The molecule has 0 aliphatic heterocycles. The molecule has 0 aromatic heterocycles. The van der Waals surface area contributed by atoms with E-state index < -0.39 is 11.6 Å². The smallest absolute Gasteiger partial charge is 0.154 e. The van der Waals surface area contributed by atoms with Crippen molar-refractivity contribution >= 4 is 23.3 Å². The number of rotatable bonds is 10. The molecule has 0 aliphatic rings. The third-order valence-electron chi connectivity index (χ3n) is 4.54. The molecule has 26 heavy (non-hydrogen) atoms. The summed E-state index contributed by atoms with van der Waals surface area (Å²) >= 11 is 0. The van der Waals surface area contributed by atoms with Gasteiger partial charge in [-0.2, -0.15) is 0 Å². The van der Waals surface area contributed by atoms with Gasteiger partial charge in [0.2, 0.25) is 0 Å². The van der Waals surface area contributed by atoms with Crippen molar-refractivity contribution in [3.05, 3.63) is 48.5 Å². The van der Waals surface area contributed by atoms with Crippen molar-refractivity contribution in [3.63, 3.8) is 0 Å². The van der Waals surface area contributed by atoms with Crippen LogP contribution in [0.3, 0.4) is 0 Å². The van der Waals surface area contributed by atoms with Crippen LogP contribution < -0.4 is 11.5 Å². The summed E-state index contributed by atoms with van der Waals surface area (Å²) in [5, 5.41) is 2.62. The average molecular weight is 357 g/mol. The van der Waals surface area contributed by atoms with E-state index in [9.17, 15) is 9.59 Å². The van der Waals surface area contributed by atoms with Gasteiger partial charge in [-0.1, -0.05) is 94.0 Å². The first kappa shape index (κ1) is 22.0. The van der Waals surface area contributed by atoms with E-state index in [1.165, 1.54) is 36.5 Å². The first-order chi connectivity index (χ1) is 12.5. The molecule has 0 heterocycles. The van der Waals surface area contributed by atoms with Crippen molar-refractivity contribution in [2.24, 2.45) is 17.4 Å². The van der Waals surface area contributed by atoms with Gasteiger partial charge in [0.15, 0.2) is 6.29 Å². The van der Waals surface area contributed by atoms with Crippen LogP contribution in [0, 0.1) is 5.92 Å². The lowest BCUT2D eigenvalue weighted by atomic mass is 9.91. The Hall–Kier alpha value is -2.04. The molecule has 0 bridgehead atoms. The SMILES string of the molecule is CCCCCCCCC(C=O)C(N)(N)C=O.c1ccc2ccccc2c1. The van der Waals surface area contributed by atoms with Crippen LogP contribution in [-0.4, -0.2) is 18.2 Å². The number of carbonyl (C=O) groups is 2. The Morgan fingerprint density at radius 3 is 1.73 bits per heavy atom. The number of nitrogens with two attached hydrogens (primary N) is 2. The Morgan fingerprint density at radius 2 is 1.31 bits per heavy atom. The van der Waals surface area contributed by atoms with Crippen LogP contribution in [0.4, 0.5) is 0 Å². The summed E-state index contributed by atoms with van der Waals surface area (Å²) < 4.78 is 0. The van der Waals surface area contributed by atoms with Gasteiger partial charge in [-0.05, 0) is 17.2 Å². The van der Waals surface area contributed by atoms with E-state index in [4.69, 9.17) is 11.5 Å². The highest BCUT2D eigenvalue weighted by Gasteiger charge is 2.29. The number of unbranched alkanes of at least 4 members (excludes halogenated alkanes) is 5. The lowest BCUT2D eigenvalue weighted by Crippen LogP contribution is -2.57. The molecule has 2 rings (SSSR count). The fourth-order valence-corrected chi connectivity index (χ4v) is 2.80. The Balaban J connectivity index is 0.000000284. The maximum atomic E-state index is 10.8. The first-order valence-corrected chi connectivity index (χ1v) is 9.48. The fourth-order valence-electron chi connectivity index (χ4n) is 2.80. The summed E-state index contributed by atoms with van der Waals surface area (Å²) in [6, 6.07) is 16.7. The highest BCUT2D eigenvalue weighted by molar-refractivity contribution is 5.82. The third-order valence-corrected chi connectivity index (χ3v) is 4.54. The van der Waals surface area contributed by atoms with Crippen LogP contribution in [0.2, 0.25) is 0 Å². The van der Waals surface area contributed by atoms with E-state index in [1.807, 2.05) is 0 Å². The van der Waals surface area contributed by atoms with Crippen LogP contribution >= 0.6 is 0 Å². The second kappa shape index (κ2) is 12.3.